The average molecular weight is 352 g/mol. The highest BCUT2D eigenvalue weighted by Gasteiger charge is 2.34. The Labute approximate surface area is 138 Å². The van der Waals surface area contributed by atoms with E-state index in [0.717, 1.165) is 0 Å². The molecule has 2 atom stereocenters. The molecule has 1 saturated heterocycles. The highest BCUT2D eigenvalue weighted by molar-refractivity contribution is 5.91. The van der Waals surface area contributed by atoms with E-state index in [1.165, 1.54) is 0 Å². The molecule has 2 N–H and O–H groups in total. The lowest BCUT2D eigenvalue weighted by atomic mass is 9.95. The number of hydrogen-bond donors (Lipinski definition) is 2. The zero-order valence-electron chi connectivity index (χ0n) is 13.7. The topological polar surface area (TPSA) is 84.5 Å². The third-order valence-corrected chi connectivity index (χ3v) is 3.73. The predicted octanol–water partition coefficient (Wildman–Crippen LogP) is 1.54. The van der Waals surface area contributed by atoms with E-state index in [1.807, 2.05) is 13.8 Å². The maximum Gasteiger partial charge on any atom is 0.522 e. The minimum atomic E-state index is -4.92. The molecule has 0 spiro atoms. The molecule has 0 aromatic heterocycles. The SMILES string of the molecule is CC(C)CCC(=O)N[C@@H](C[C@@H]1CCNC1=O)C(=O)COC(F)(F)F. The lowest BCUT2D eigenvalue weighted by Gasteiger charge is -2.20. The maximum atomic E-state index is 12.1. The normalized spacial score (nSPS) is 19.2. The van der Waals surface area contributed by atoms with E-state index in [9.17, 15) is 27.6 Å². The molecule has 1 aliphatic rings. The minimum absolute atomic E-state index is 0.0285. The molecular formula is C15H23F3N2O4. The van der Waals surface area contributed by atoms with Gasteiger partial charge in [0.25, 0.3) is 0 Å². The fraction of sp³-hybridized carbons (Fsp3) is 0.800. The number of ether oxygens (including phenoxy) is 1. The van der Waals surface area contributed by atoms with Crippen LogP contribution in [-0.4, -0.2) is 43.2 Å². The maximum absolute atomic E-state index is 12.1. The summed E-state index contributed by atoms with van der Waals surface area (Å²) < 4.78 is 39.8. The molecule has 1 fully saturated rings. The third-order valence-electron chi connectivity index (χ3n) is 3.73. The van der Waals surface area contributed by atoms with Crippen LogP contribution in [0.25, 0.3) is 0 Å². The van der Waals surface area contributed by atoms with Gasteiger partial charge in [-0.1, -0.05) is 13.8 Å². The van der Waals surface area contributed by atoms with Crippen molar-refractivity contribution in [2.75, 3.05) is 13.2 Å². The smallest absolute Gasteiger partial charge is 0.356 e. The van der Waals surface area contributed by atoms with E-state index in [-0.39, 0.29) is 24.7 Å². The number of amides is 2. The molecule has 1 aliphatic heterocycles. The molecule has 138 valence electrons. The quantitative estimate of drug-likeness (QED) is 0.659. The number of alkyl halides is 3. The Morgan fingerprint density at radius 3 is 2.54 bits per heavy atom. The molecule has 1 heterocycles. The summed E-state index contributed by atoms with van der Waals surface area (Å²) in [4.78, 5) is 35.5. The second-order valence-corrected chi connectivity index (χ2v) is 6.27. The van der Waals surface area contributed by atoms with Gasteiger partial charge in [-0.05, 0) is 25.2 Å². The van der Waals surface area contributed by atoms with Crippen LogP contribution in [-0.2, 0) is 19.1 Å². The second kappa shape index (κ2) is 9.00. The van der Waals surface area contributed by atoms with Crippen LogP contribution in [0.1, 0.15) is 39.5 Å². The van der Waals surface area contributed by atoms with Crippen LogP contribution in [0.5, 0.6) is 0 Å². The summed E-state index contributed by atoms with van der Waals surface area (Å²) >= 11 is 0. The third kappa shape index (κ3) is 7.76. The summed E-state index contributed by atoms with van der Waals surface area (Å²) in [6.07, 6.45) is -3.72. The van der Waals surface area contributed by atoms with Gasteiger partial charge in [0.2, 0.25) is 11.8 Å². The molecule has 0 bridgehead atoms. The molecule has 1 rings (SSSR count). The fourth-order valence-electron chi connectivity index (χ4n) is 2.37. The van der Waals surface area contributed by atoms with E-state index in [4.69, 9.17) is 0 Å². The molecule has 24 heavy (non-hydrogen) atoms. The van der Waals surface area contributed by atoms with Gasteiger partial charge in [-0.15, -0.1) is 13.2 Å². The van der Waals surface area contributed by atoms with Crippen LogP contribution in [0.15, 0.2) is 0 Å². The van der Waals surface area contributed by atoms with Crippen molar-refractivity contribution >= 4 is 17.6 Å². The van der Waals surface area contributed by atoms with E-state index in [0.29, 0.717) is 19.4 Å². The van der Waals surface area contributed by atoms with Crippen LogP contribution in [0, 0.1) is 11.8 Å². The number of ketones is 1. The van der Waals surface area contributed by atoms with Gasteiger partial charge >= 0.3 is 6.36 Å². The Balaban J connectivity index is 2.65. The minimum Gasteiger partial charge on any atom is -0.356 e. The lowest BCUT2D eigenvalue weighted by Crippen LogP contribution is -2.45. The van der Waals surface area contributed by atoms with Crippen molar-refractivity contribution in [1.29, 1.82) is 0 Å². The summed E-state index contributed by atoms with van der Waals surface area (Å²) in [6, 6.07) is -1.17. The Morgan fingerprint density at radius 1 is 1.38 bits per heavy atom. The van der Waals surface area contributed by atoms with Gasteiger partial charge in [-0.2, -0.15) is 0 Å². The zero-order valence-corrected chi connectivity index (χ0v) is 13.7. The van der Waals surface area contributed by atoms with Crippen molar-refractivity contribution in [3.63, 3.8) is 0 Å². The van der Waals surface area contributed by atoms with Gasteiger partial charge in [0, 0.05) is 18.9 Å². The number of hydrogen-bond acceptors (Lipinski definition) is 4. The predicted molar refractivity (Wildman–Crippen MR) is 78.8 cm³/mol. The Hall–Kier alpha value is -1.64. The van der Waals surface area contributed by atoms with Crippen LogP contribution >= 0.6 is 0 Å². The number of rotatable bonds is 9. The van der Waals surface area contributed by atoms with Crippen LogP contribution in [0.3, 0.4) is 0 Å². The molecule has 0 saturated carbocycles. The Kier molecular flexibility index (Phi) is 7.65. The summed E-state index contributed by atoms with van der Waals surface area (Å²) in [5, 5.41) is 5.03. The first-order valence-electron chi connectivity index (χ1n) is 7.89. The summed E-state index contributed by atoms with van der Waals surface area (Å²) in [7, 11) is 0. The van der Waals surface area contributed by atoms with Gasteiger partial charge < -0.3 is 10.6 Å². The molecule has 6 nitrogen and oxygen atoms in total. The van der Waals surface area contributed by atoms with Gasteiger partial charge in [0.15, 0.2) is 5.78 Å². The molecule has 0 aromatic rings. The first kappa shape index (κ1) is 20.4. The first-order chi connectivity index (χ1) is 11.1. The van der Waals surface area contributed by atoms with Crippen LogP contribution < -0.4 is 10.6 Å². The van der Waals surface area contributed by atoms with Gasteiger partial charge in [-0.25, -0.2) is 0 Å². The number of carbonyl (C=O) groups excluding carboxylic acids is 3. The second-order valence-electron chi connectivity index (χ2n) is 6.27. The largest absolute Gasteiger partial charge is 0.522 e. The Bertz CT molecular complexity index is 466. The van der Waals surface area contributed by atoms with E-state index < -0.39 is 36.6 Å². The number of nitrogens with one attached hydrogen (secondary N) is 2. The molecule has 2 amide bonds. The lowest BCUT2D eigenvalue weighted by molar-refractivity contribution is -0.321. The average Bonchev–Trinajstić information content (AvgIpc) is 2.86. The number of carbonyl (C=O) groups is 3. The zero-order chi connectivity index (χ0) is 18.3. The standard InChI is InChI=1S/C15H23F3N2O4/c1-9(2)3-4-13(22)20-11(7-10-5-6-19-14(10)23)12(21)8-24-15(16,17)18/h9-11H,3-8H2,1-2H3,(H,19,23)(H,20,22)/t10-,11-/m0/s1. The molecule has 0 unspecified atom stereocenters. The first-order valence-corrected chi connectivity index (χ1v) is 7.89. The van der Waals surface area contributed by atoms with Crippen molar-refractivity contribution in [2.45, 2.75) is 51.9 Å². The monoisotopic (exact) mass is 352 g/mol. The fourth-order valence-corrected chi connectivity index (χ4v) is 2.37. The molecule has 0 aliphatic carbocycles. The van der Waals surface area contributed by atoms with Crippen molar-refractivity contribution in [3.05, 3.63) is 0 Å². The van der Waals surface area contributed by atoms with Gasteiger partial charge in [-0.3, -0.25) is 19.1 Å². The van der Waals surface area contributed by atoms with Gasteiger partial charge in [0.1, 0.15) is 6.61 Å². The van der Waals surface area contributed by atoms with Crippen molar-refractivity contribution < 1.29 is 32.3 Å². The summed E-state index contributed by atoms with van der Waals surface area (Å²) in [5.74, 6) is -1.81. The number of Topliss-reactive ketones (excluding diaryl/α,β-unsaturated/α-hetero) is 1. The van der Waals surface area contributed by atoms with E-state index in [2.05, 4.69) is 15.4 Å². The molecule has 9 heteroatoms. The summed E-state index contributed by atoms with van der Waals surface area (Å²) in [5.41, 5.74) is 0. The van der Waals surface area contributed by atoms with Crippen LogP contribution in [0.2, 0.25) is 0 Å². The van der Waals surface area contributed by atoms with E-state index in [1.54, 1.807) is 0 Å². The van der Waals surface area contributed by atoms with E-state index >= 15 is 0 Å². The van der Waals surface area contributed by atoms with Gasteiger partial charge in [0.05, 0.1) is 6.04 Å². The van der Waals surface area contributed by atoms with Crippen molar-refractivity contribution in [3.8, 4) is 0 Å². The Morgan fingerprint density at radius 2 is 2.04 bits per heavy atom. The molecule has 0 radical (unpaired) electrons. The molecular weight excluding hydrogens is 329 g/mol. The van der Waals surface area contributed by atoms with Crippen LogP contribution in [0.4, 0.5) is 13.2 Å². The van der Waals surface area contributed by atoms with Crippen molar-refractivity contribution in [2.24, 2.45) is 11.8 Å². The van der Waals surface area contributed by atoms with Crippen molar-refractivity contribution in [1.82, 2.24) is 10.6 Å². The molecule has 0 aromatic carbocycles. The summed E-state index contributed by atoms with van der Waals surface area (Å²) in [6.45, 7) is 3.11. The highest BCUT2D eigenvalue weighted by atomic mass is 19.4. The number of halogens is 3. The highest BCUT2D eigenvalue weighted by Crippen LogP contribution is 2.19.